The minimum Gasteiger partial charge on any atom is -0.497 e. The summed E-state index contributed by atoms with van der Waals surface area (Å²) in [6.07, 6.45) is 2.27. The number of aromatic nitrogens is 3. The molecule has 2 aliphatic heterocycles. The van der Waals surface area contributed by atoms with Gasteiger partial charge in [0.25, 0.3) is 11.5 Å². The van der Waals surface area contributed by atoms with Crippen LogP contribution < -0.4 is 15.6 Å². The number of hydrogen-bond acceptors (Lipinski definition) is 7. The number of morpholine rings is 1. The van der Waals surface area contributed by atoms with E-state index in [2.05, 4.69) is 36.9 Å². The maximum Gasteiger partial charge on any atom is 0.279 e. The van der Waals surface area contributed by atoms with E-state index in [-0.39, 0.29) is 11.5 Å². The van der Waals surface area contributed by atoms with Crippen LogP contribution in [0.2, 0.25) is 0 Å². The van der Waals surface area contributed by atoms with E-state index in [1.54, 1.807) is 7.11 Å². The van der Waals surface area contributed by atoms with Gasteiger partial charge in [0.05, 0.1) is 32.1 Å². The van der Waals surface area contributed by atoms with Crippen LogP contribution in [0.4, 0.5) is 0 Å². The minimum absolute atomic E-state index is 0.142. The van der Waals surface area contributed by atoms with E-state index in [1.807, 2.05) is 19.1 Å². The molecule has 1 saturated heterocycles. The standard InChI is InChI=1S/C26H34N6O4/c1-3-31-23-8-10-30(17-19-4-6-20(35-2)7-5-19)18-22(23)26(34)32-25(31)21(16-28-32)24(33)27-9-11-29-12-14-36-15-13-29/h4-7,16H,3,8-15,17-18H2,1-2H3,(H,27,33). The number of ether oxygens (including phenoxy) is 2. The molecule has 1 fully saturated rings. The first-order valence-corrected chi connectivity index (χ1v) is 12.6. The van der Waals surface area contributed by atoms with Gasteiger partial charge in [0, 0.05) is 64.5 Å². The van der Waals surface area contributed by atoms with E-state index in [9.17, 15) is 9.59 Å². The number of aryl methyl sites for hydroxylation is 1. The number of methoxy groups -OCH3 is 1. The number of nitrogens with one attached hydrogen (secondary N) is 1. The summed E-state index contributed by atoms with van der Waals surface area (Å²) in [6.45, 7) is 9.37. The van der Waals surface area contributed by atoms with Gasteiger partial charge in [-0.25, -0.2) is 0 Å². The first-order valence-electron chi connectivity index (χ1n) is 12.6. The van der Waals surface area contributed by atoms with Crippen LogP contribution in [-0.4, -0.2) is 82.9 Å². The molecule has 36 heavy (non-hydrogen) atoms. The molecule has 0 radical (unpaired) electrons. The highest BCUT2D eigenvalue weighted by atomic mass is 16.5. The molecule has 0 unspecified atom stereocenters. The largest absolute Gasteiger partial charge is 0.497 e. The predicted molar refractivity (Wildman–Crippen MR) is 136 cm³/mol. The molecule has 0 atom stereocenters. The highest BCUT2D eigenvalue weighted by Gasteiger charge is 2.27. The third kappa shape index (κ3) is 4.88. The molecule has 192 valence electrons. The van der Waals surface area contributed by atoms with Crippen LogP contribution >= 0.6 is 0 Å². The molecule has 5 rings (SSSR count). The molecule has 1 aromatic carbocycles. The van der Waals surface area contributed by atoms with Crippen LogP contribution in [0.15, 0.2) is 35.3 Å². The number of rotatable bonds is 8. The minimum atomic E-state index is -0.197. The van der Waals surface area contributed by atoms with Crippen molar-refractivity contribution in [3.63, 3.8) is 0 Å². The van der Waals surface area contributed by atoms with Crippen molar-refractivity contribution in [3.8, 4) is 5.75 Å². The van der Waals surface area contributed by atoms with Crippen molar-refractivity contribution in [2.75, 3.05) is 53.0 Å². The van der Waals surface area contributed by atoms with Gasteiger partial charge in [-0.2, -0.15) is 9.61 Å². The van der Waals surface area contributed by atoms with Crippen LogP contribution in [-0.2, 0) is 30.8 Å². The van der Waals surface area contributed by atoms with Crippen molar-refractivity contribution in [2.45, 2.75) is 33.0 Å². The second-order valence-corrected chi connectivity index (χ2v) is 9.29. The zero-order chi connectivity index (χ0) is 25.1. The fourth-order valence-corrected chi connectivity index (χ4v) is 5.18. The molecule has 1 amide bonds. The van der Waals surface area contributed by atoms with Gasteiger partial charge in [0.15, 0.2) is 5.65 Å². The number of carbonyl (C=O) groups is 1. The Morgan fingerprint density at radius 2 is 1.92 bits per heavy atom. The van der Waals surface area contributed by atoms with E-state index in [0.29, 0.717) is 30.8 Å². The summed E-state index contributed by atoms with van der Waals surface area (Å²) >= 11 is 0. The lowest BCUT2D eigenvalue weighted by molar-refractivity contribution is 0.0383. The van der Waals surface area contributed by atoms with Crippen LogP contribution in [0.25, 0.3) is 5.65 Å². The quantitative estimate of drug-likeness (QED) is 0.502. The summed E-state index contributed by atoms with van der Waals surface area (Å²) in [5, 5.41) is 7.36. The topological polar surface area (TPSA) is 93.3 Å². The number of nitrogens with zero attached hydrogens (tertiary/aromatic N) is 5. The molecule has 0 spiro atoms. The molecule has 0 bridgehead atoms. The zero-order valence-corrected chi connectivity index (χ0v) is 21.0. The van der Waals surface area contributed by atoms with Crippen molar-refractivity contribution < 1.29 is 14.3 Å². The lowest BCUT2D eigenvalue weighted by Gasteiger charge is -2.30. The smallest absolute Gasteiger partial charge is 0.279 e. The van der Waals surface area contributed by atoms with Crippen molar-refractivity contribution >= 4 is 11.6 Å². The molecule has 10 heteroatoms. The van der Waals surface area contributed by atoms with Gasteiger partial charge in [0.2, 0.25) is 0 Å². The van der Waals surface area contributed by atoms with E-state index in [4.69, 9.17) is 9.47 Å². The van der Waals surface area contributed by atoms with E-state index < -0.39 is 0 Å². The number of amides is 1. The van der Waals surface area contributed by atoms with Crippen molar-refractivity contribution in [1.82, 2.24) is 29.3 Å². The molecular formula is C26H34N6O4. The zero-order valence-electron chi connectivity index (χ0n) is 21.0. The Kier molecular flexibility index (Phi) is 7.35. The molecule has 1 N–H and O–H groups in total. The molecule has 0 saturated carbocycles. The summed E-state index contributed by atoms with van der Waals surface area (Å²) in [7, 11) is 1.66. The van der Waals surface area contributed by atoms with Crippen LogP contribution in [0.5, 0.6) is 5.75 Å². The van der Waals surface area contributed by atoms with Gasteiger partial charge in [-0.1, -0.05) is 12.1 Å². The molecule has 10 nitrogen and oxygen atoms in total. The monoisotopic (exact) mass is 494 g/mol. The van der Waals surface area contributed by atoms with Gasteiger partial charge >= 0.3 is 0 Å². The van der Waals surface area contributed by atoms with Gasteiger partial charge in [-0.3, -0.25) is 19.4 Å². The average Bonchev–Trinajstić information content (AvgIpc) is 3.36. The summed E-state index contributed by atoms with van der Waals surface area (Å²) in [6, 6.07) is 8.02. The van der Waals surface area contributed by atoms with E-state index in [0.717, 1.165) is 69.4 Å². The van der Waals surface area contributed by atoms with Gasteiger partial charge in [-0.05, 0) is 24.6 Å². The second kappa shape index (κ2) is 10.8. The van der Waals surface area contributed by atoms with Crippen molar-refractivity contribution in [1.29, 1.82) is 0 Å². The van der Waals surface area contributed by atoms with Crippen molar-refractivity contribution in [2.24, 2.45) is 0 Å². The first kappa shape index (κ1) is 24.5. The molecule has 3 aromatic rings. The van der Waals surface area contributed by atoms with Crippen LogP contribution in [0, 0.1) is 0 Å². The first-order chi connectivity index (χ1) is 17.6. The van der Waals surface area contributed by atoms with E-state index in [1.165, 1.54) is 16.3 Å². The number of benzene rings is 1. The van der Waals surface area contributed by atoms with Gasteiger partial charge < -0.3 is 19.4 Å². The van der Waals surface area contributed by atoms with E-state index >= 15 is 0 Å². The predicted octanol–water partition coefficient (Wildman–Crippen LogP) is 1.14. The fourth-order valence-electron chi connectivity index (χ4n) is 5.18. The van der Waals surface area contributed by atoms with Gasteiger partial charge in [0.1, 0.15) is 11.3 Å². The Morgan fingerprint density at radius 1 is 1.14 bits per heavy atom. The lowest BCUT2D eigenvalue weighted by atomic mass is 10.0. The maximum atomic E-state index is 13.5. The summed E-state index contributed by atoms with van der Waals surface area (Å²) in [4.78, 5) is 31.1. The Bertz CT molecular complexity index is 1280. The molecule has 4 heterocycles. The number of carbonyl (C=O) groups excluding carboxylic acids is 1. The number of hydrogen-bond donors (Lipinski definition) is 1. The third-order valence-electron chi connectivity index (χ3n) is 7.11. The Balaban J connectivity index is 1.35. The summed E-state index contributed by atoms with van der Waals surface area (Å²) in [5.74, 6) is 0.632. The second-order valence-electron chi connectivity index (χ2n) is 9.29. The normalized spacial score (nSPS) is 16.7. The average molecular weight is 495 g/mol. The van der Waals surface area contributed by atoms with Crippen LogP contribution in [0.1, 0.15) is 34.1 Å². The number of fused-ring (bicyclic) bond motifs is 2. The highest BCUT2D eigenvalue weighted by Crippen LogP contribution is 2.22. The fraction of sp³-hybridized carbons (Fsp3) is 0.500. The highest BCUT2D eigenvalue weighted by molar-refractivity contribution is 5.99. The molecule has 2 aromatic heterocycles. The Hall–Kier alpha value is -3.21. The molecule has 0 aliphatic carbocycles. The third-order valence-corrected chi connectivity index (χ3v) is 7.11. The van der Waals surface area contributed by atoms with Crippen molar-refractivity contribution in [3.05, 3.63) is 63.2 Å². The SMILES string of the molecule is CCn1c2c(c(=O)n3ncc(C(=O)NCCN4CCOCC4)c13)CN(Cc1ccc(OC)cc1)CC2. The van der Waals surface area contributed by atoms with Gasteiger partial charge in [-0.15, -0.1) is 0 Å². The molecular weight excluding hydrogens is 460 g/mol. The Labute approximate surface area is 210 Å². The Morgan fingerprint density at radius 3 is 2.64 bits per heavy atom. The lowest BCUT2D eigenvalue weighted by Crippen LogP contribution is -2.41. The summed E-state index contributed by atoms with van der Waals surface area (Å²) in [5.41, 5.74) is 3.81. The summed E-state index contributed by atoms with van der Waals surface area (Å²) < 4.78 is 14.1. The molecule has 2 aliphatic rings. The maximum absolute atomic E-state index is 13.5. The van der Waals surface area contributed by atoms with Crippen LogP contribution in [0.3, 0.4) is 0 Å².